The number of nitrogens with one attached hydrogen (secondary N) is 1. The van der Waals surface area contributed by atoms with Crippen molar-refractivity contribution in [2.75, 3.05) is 12.4 Å². The van der Waals surface area contributed by atoms with E-state index in [0.717, 1.165) is 4.31 Å². The van der Waals surface area contributed by atoms with Crippen molar-refractivity contribution in [1.82, 2.24) is 4.31 Å². The van der Waals surface area contributed by atoms with Crippen molar-refractivity contribution >= 4 is 27.5 Å². The fourth-order valence-corrected chi connectivity index (χ4v) is 3.86. The van der Waals surface area contributed by atoms with E-state index in [1.807, 2.05) is 0 Å². The van der Waals surface area contributed by atoms with Gasteiger partial charge in [0.1, 0.15) is 11.6 Å². The Balaban J connectivity index is 1.87. The third-order valence-electron chi connectivity index (χ3n) is 4.40. The maximum atomic E-state index is 13.5. The van der Waals surface area contributed by atoms with Gasteiger partial charge >= 0.3 is 10.2 Å². The summed E-state index contributed by atoms with van der Waals surface area (Å²) in [6, 6.07) is 10.9. The number of hydrogen-bond donors (Lipinski definition) is 1. The van der Waals surface area contributed by atoms with Crippen LogP contribution in [0.5, 0.6) is 5.75 Å². The van der Waals surface area contributed by atoms with Gasteiger partial charge in [-0.2, -0.15) is 8.42 Å². The molecule has 29 heavy (non-hydrogen) atoms. The van der Waals surface area contributed by atoms with Crippen LogP contribution in [0.1, 0.15) is 18.1 Å². The number of methoxy groups -OCH3 is 1. The normalized spacial score (nSPS) is 15.4. The number of amides is 1. The predicted octanol–water partition coefficient (Wildman–Crippen LogP) is 3.19. The Bertz CT molecular complexity index is 1110. The summed E-state index contributed by atoms with van der Waals surface area (Å²) in [6.45, 7) is 3.16. The third-order valence-corrected chi connectivity index (χ3v) is 5.73. The first-order valence-corrected chi connectivity index (χ1v) is 10.1. The summed E-state index contributed by atoms with van der Waals surface area (Å²) < 4.78 is 48.1. The summed E-state index contributed by atoms with van der Waals surface area (Å²) in [5.41, 5.74) is 1.81. The fraction of sp³-hybridized carbons (Fsp3) is 0.200. The number of aryl methyl sites for hydroxylation is 1. The highest BCUT2D eigenvalue weighted by Crippen LogP contribution is 2.23. The number of carbonyl (C=O) groups is 1. The number of nitrogens with zero attached hydrogens (tertiary/aromatic N) is 2. The van der Waals surface area contributed by atoms with Crippen LogP contribution in [0.15, 0.2) is 58.6 Å². The molecule has 1 N–H and O–H groups in total. The fourth-order valence-electron chi connectivity index (χ4n) is 2.76. The molecular formula is C20H20FN3O4S. The van der Waals surface area contributed by atoms with Crippen LogP contribution in [0.2, 0.25) is 0 Å². The first kappa shape index (κ1) is 20.5. The molecular weight excluding hydrogens is 397 g/mol. The van der Waals surface area contributed by atoms with Crippen LogP contribution in [0.25, 0.3) is 0 Å². The molecule has 7 nitrogen and oxygen atoms in total. The minimum absolute atomic E-state index is 0.00111. The van der Waals surface area contributed by atoms with Gasteiger partial charge in [0.25, 0.3) is 5.91 Å². The van der Waals surface area contributed by atoms with Crippen LogP contribution in [-0.2, 0) is 21.5 Å². The smallest absolute Gasteiger partial charge is 0.344 e. The van der Waals surface area contributed by atoms with Crippen molar-refractivity contribution in [3.05, 3.63) is 71.2 Å². The highest BCUT2D eigenvalue weighted by atomic mass is 32.2. The first-order chi connectivity index (χ1) is 13.7. The summed E-state index contributed by atoms with van der Waals surface area (Å²) in [7, 11) is -2.43. The summed E-state index contributed by atoms with van der Waals surface area (Å²) >= 11 is 0. The number of benzene rings is 2. The molecule has 9 heteroatoms. The number of ether oxygens (including phenoxy) is 1. The van der Waals surface area contributed by atoms with Crippen LogP contribution in [0, 0.1) is 12.7 Å². The van der Waals surface area contributed by atoms with Gasteiger partial charge in [-0.15, -0.1) is 4.40 Å². The van der Waals surface area contributed by atoms with Gasteiger partial charge in [-0.3, -0.25) is 9.10 Å². The number of halogens is 1. The van der Waals surface area contributed by atoms with E-state index < -0.39 is 21.9 Å². The number of carbonyl (C=O) groups excluding carboxylic acids is 1. The van der Waals surface area contributed by atoms with E-state index in [-0.39, 0.29) is 17.8 Å². The molecule has 2 aromatic carbocycles. The Hall–Kier alpha value is -3.20. The molecule has 152 valence electrons. The summed E-state index contributed by atoms with van der Waals surface area (Å²) in [5, 5.41) is 2.61. The van der Waals surface area contributed by atoms with Gasteiger partial charge in [0, 0.05) is 11.9 Å². The number of anilines is 1. The van der Waals surface area contributed by atoms with Crippen molar-refractivity contribution in [3.8, 4) is 5.75 Å². The van der Waals surface area contributed by atoms with Crippen molar-refractivity contribution in [1.29, 1.82) is 0 Å². The second kappa shape index (κ2) is 8.04. The zero-order chi connectivity index (χ0) is 21.2. The molecule has 0 saturated heterocycles. The summed E-state index contributed by atoms with van der Waals surface area (Å²) in [5.74, 6) is -0.419. The lowest BCUT2D eigenvalue weighted by atomic mass is 10.1. The molecule has 1 amide bonds. The van der Waals surface area contributed by atoms with E-state index in [4.69, 9.17) is 4.74 Å². The molecule has 0 aliphatic carbocycles. The Labute approximate surface area is 168 Å². The van der Waals surface area contributed by atoms with Gasteiger partial charge in [-0.25, -0.2) is 4.39 Å². The van der Waals surface area contributed by atoms with Crippen LogP contribution in [-0.4, -0.2) is 31.5 Å². The Morgan fingerprint density at radius 1 is 1.17 bits per heavy atom. The molecule has 0 spiro atoms. The standard InChI is InChI=1S/C20H20FN3O4S/c1-13-4-7-16(21)10-19(13)22-20(25)18-12-24(29(26,27)23-14(18)2)11-15-5-8-17(28-3)9-6-15/h4-10,12H,11H2,1-3H3,(H,22,25). The van der Waals surface area contributed by atoms with Crippen LogP contribution < -0.4 is 10.1 Å². The van der Waals surface area contributed by atoms with E-state index >= 15 is 0 Å². The van der Waals surface area contributed by atoms with Crippen LogP contribution in [0.4, 0.5) is 10.1 Å². The van der Waals surface area contributed by atoms with Gasteiger partial charge in [0.05, 0.1) is 24.9 Å². The van der Waals surface area contributed by atoms with E-state index in [0.29, 0.717) is 22.6 Å². The van der Waals surface area contributed by atoms with E-state index in [1.54, 1.807) is 37.3 Å². The average molecular weight is 417 g/mol. The quantitative estimate of drug-likeness (QED) is 0.809. The Morgan fingerprint density at radius 3 is 2.52 bits per heavy atom. The molecule has 0 atom stereocenters. The molecule has 0 bridgehead atoms. The highest BCUT2D eigenvalue weighted by molar-refractivity contribution is 7.88. The molecule has 0 radical (unpaired) electrons. The number of hydrogen-bond acceptors (Lipinski definition) is 4. The molecule has 3 rings (SSSR count). The van der Waals surface area contributed by atoms with Crippen molar-refractivity contribution in [2.45, 2.75) is 20.4 Å². The Morgan fingerprint density at radius 2 is 1.86 bits per heavy atom. The van der Waals surface area contributed by atoms with E-state index in [9.17, 15) is 17.6 Å². The SMILES string of the molecule is COc1ccc(CN2C=C(C(=O)Nc3cc(F)ccc3C)C(C)=NS2(=O)=O)cc1. The van der Waals surface area contributed by atoms with Crippen molar-refractivity contribution in [3.63, 3.8) is 0 Å². The zero-order valence-corrected chi connectivity index (χ0v) is 17.0. The largest absolute Gasteiger partial charge is 0.497 e. The summed E-state index contributed by atoms with van der Waals surface area (Å²) in [6.07, 6.45) is 1.24. The molecule has 0 aromatic heterocycles. The molecule has 0 fully saturated rings. The first-order valence-electron chi connectivity index (χ1n) is 8.70. The molecule has 1 heterocycles. The van der Waals surface area contributed by atoms with Crippen molar-refractivity contribution < 1.29 is 22.3 Å². The lowest BCUT2D eigenvalue weighted by molar-refractivity contribution is -0.112. The average Bonchev–Trinajstić information content (AvgIpc) is 2.67. The monoisotopic (exact) mass is 417 g/mol. The molecule has 2 aromatic rings. The van der Waals surface area contributed by atoms with Crippen molar-refractivity contribution in [2.24, 2.45) is 4.40 Å². The van der Waals surface area contributed by atoms with Gasteiger partial charge in [-0.1, -0.05) is 18.2 Å². The molecule has 0 unspecified atom stereocenters. The van der Waals surface area contributed by atoms with Gasteiger partial charge in [0.15, 0.2) is 0 Å². The van der Waals surface area contributed by atoms with Crippen LogP contribution in [0.3, 0.4) is 0 Å². The van der Waals surface area contributed by atoms with Gasteiger partial charge in [0.2, 0.25) is 0 Å². The van der Waals surface area contributed by atoms with Crippen LogP contribution >= 0.6 is 0 Å². The third kappa shape index (κ3) is 4.62. The molecule has 1 aliphatic rings. The maximum absolute atomic E-state index is 13.5. The van der Waals surface area contributed by atoms with Gasteiger partial charge in [-0.05, 0) is 49.2 Å². The molecule has 0 saturated carbocycles. The predicted molar refractivity (Wildman–Crippen MR) is 108 cm³/mol. The van der Waals surface area contributed by atoms with E-state index in [1.165, 1.54) is 32.4 Å². The lowest BCUT2D eigenvalue weighted by Gasteiger charge is -2.24. The zero-order valence-electron chi connectivity index (χ0n) is 16.1. The minimum atomic E-state index is -3.97. The van der Waals surface area contributed by atoms with Gasteiger partial charge < -0.3 is 10.1 Å². The number of rotatable bonds is 5. The summed E-state index contributed by atoms with van der Waals surface area (Å²) in [4.78, 5) is 12.7. The molecule has 1 aliphatic heterocycles. The topological polar surface area (TPSA) is 88.1 Å². The maximum Gasteiger partial charge on any atom is 0.344 e. The minimum Gasteiger partial charge on any atom is -0.497 e. The van der Waals surface area contributed by atoms with E-state index in [2.05, 4.69) is 9.71 Å². The second-order valence-electron chi connectivity index (χ2n) is 6.50. The highest BCUT2D eigenvalue weighted by Gasteiger charge is 2.28. The lowest BCUT2D eigenvalue weighted by Crippen LogP contribution is -2.32. The Kier molecular flexibility index (Phi) is 5.69. The second-order valence-corrected chi connectivity index (χ2v) is 8.05.